The first-order valence-corrected chi connectivity index (χ1v) is 9.90. The van der Waals surface area contributed by atoms with Gasteiger partial charge < -0.3 is 15.1 Å². The summed E-state index contributed by atoms with van der Waals surface area (Å²) < 4.78 is 24.8. The van der Waals surface area contributed by atoms with Crippen LogP contribution in [0.5, 0.6) is 0 Å². The van der Waals surface area contributed by atoms with E-state index >= 15 is 0 Å². The monoisotopic (exact) mass is 368 g/mol. The predicted molar refractivity (Wildman–Crippen MR) is 96.1 cm³/mol. The molecule has 0 spiro atoms. The molecule has 138 valence electrons. The van der Waals surface area contributed by atoms with Crippen LogP contribution in [-0.4, -0.2) is 69.6 Å². The Balaban J connectivity index is 1.91. The number of sulfonamides is 1. The topological polar surface area (TPSA) is 98.8 Å². The highest BCUT2D eigenvalue weighted by molar-refractivity contribution is 7.92. The molecular weight excluding hydrogens is 344 g/mol. The third-order valence-corrected chi connectivity index (χ3v) is 4.56. The summed E-state index contributed by atoms with van der Waals surface area (Å²) >= 11 is 0. The summed E-state index contributed by atoms with van der Waals surface area (Å²) in [6, 6.07) is 6.29. The van der Waals surface area contributed by atoms with Crippen molar-refractivity contribution in [2.24, 2.45) is 0 Å². The molecule has 1 aliphatic rings. The van der Waals surface area contributed by atoms with Crippen molar-refractivity contribution in [1.29, 1.82) is 0 Å². The minimum Gasteiger partial charge on any atom is -0.338 e. The SMILES string of the molecule is CN(C)C(=O)NC1CCN(C(=O)c2ccc(NS(C)(=O)=O)cc2)CC1. The largest absolute Gasteiger partial charge is 0.338 e. The number of anilines is 1. The van der Waals surface area contributed by atoms with E-state index in [2.05, 4.69) is 10.0 Å². The Morgan fingerprint density at radius 2 is 1.68 bits per heavy atom. The number of carbonyl (C=O) groups is 2. The number of likely N-dealkylation sites (tertiary alicyclic amines) is 1. The van der Waals surface area contributed by atoms with Gasteiger partial charge in [0, 0.05) is 44.5 Å². The van der Waals surface area contributed by atoms with Crippen LogP contribution in [0.4, 0.5) is 10.5 Å². The van der Waals surface area contributed by atoms with Crippen LogP contribution in [0.2, 0.25) is 0 Å². The van der Waals surface area contributed by atoms with Gasteiger partial charge in [-0.3, -0.25) is 9.52 Å². The molecule has 1 aromatic carbocycles. The van der Waals surface area contributed by atoms with Crippen LogP contribution in [0.3, 0.4) is 0 Å². The van der Waals surface area contributed by atoms with E-state index in [1.54, 1.807) is 43.3 Å². The third kappa shape index (κ3) is 5.63. The summed E-state index contributed by atoms with van der Waals surface area (Å²) in [6.07, 6.45) is 2.49. The van der Waals surface area contributed by atoms with Gasteiger partial charge in [-0.25, -0.2) is 13.2 Å². The van der Waals surface area contributed by atoms with Crippen LogP contribution >= 0.6 is 0 Å². The summed E-state index contributed by atoms with van der Waals surface area (Å²) in [4.78, 5) is 27.4. The van der Waals surface area contributed by atoms with Crippen LogP contribution < -0.4 is 10.0 Å². The molecule has 1 aromatic rings. The zero-order valence-electron chi connectivity index (χ0n) is 14.7. The summed E-state index contributed by atoms with van der Waals surface area (Å²) in [5.41, 5.74) is 0.930. The van der Waals surface area contributed by atoms with Gasteiger partial charge in [0.2, 0.25) is 10.0 Å². The molecule has 1 saturated heterocycles. The third-order valence-electron chi connectivity index (χ3n) is 3.95. The Morgan fingerprint density at radius 3 is 2.16 bits per heavy atom. The number of piperidine rings is 1. The van der Waals surface area contributed by atoms with Gasteiger partial charge >= 0.3 is 6.03 Å². The first kappa shape index (κ1) is 19.0. The van der Waals surface area contributed by atoms with E-state index in [-0.39, 0.29) is 18.0 Å². The maximum atomic E-state index is 12.5. The van der Waals surface area contributed by atoms with Crippen LogP contribution in [0.15, 0.2) is 24.3 Å². The first-order valence-electron chi connectivity index (χ1n) is 8.00. The maximum absolute atomic E-state index is 12.5. The van der Waals surface area contributed by atoms with Crippen LogP contribution in [0, 0.1) is 0 Å². The fraction of sp³-hybridized carbons (Fsp3) is 0.500. The molecule has 0 atom stereocenters. The maximum Gasteiger partial charge on any atom is 0.317 e. The van der Waals surface area contributed by atoms with E-state index in [9.17, 15) is 18.0 Å². The van der Waals surface area contributed by atoms with E-state index in [1.165, 1.54) is 4.90 Å². The highest BCUT2D eigenvalue weighted by Gasteiger charge is 2.24. The molecule has 0 aromatic heterocycles. The van der Waals surface area contributed by atoms with Crippen molar-refractivity contribution in [1.82, 2.24) is 15.1 Å². The molecular formula is C16H24N4O4S. The number of nitrogens with zero attached hydrogens (tertiary/aromatic N) is 2. The van der Waals surface area contributed by atoms with Gasteiger partial charge in [-0.1, -0.05) is 0 Å². The second-order valence-electron chi connectivity index (χ2n) is 6.36. The number of hydrogen-bond donors (Lipinski definition) is 2. The molecule has 0 saturated carbocycles. The van der Waals surface area contributed by atoms with E-state index in [0.29, 0.717) is 37.2 Å². The summed E-state index contributed by atoms with van der Waals surface area (Å²) in [7, 11) is 0.0452. The second-order valence-corrected chi connectivity index (χ2v) is 8.11. The number of nitrogens with one attached hydrogen (secondary N) is 2. The van der Waals surface area contributed by atoms with E-state index in [4.69, 9.17) is 0 Å². The lowest BCUT2D eigenvalue weighted by molar-refractivity contribution is 0.0707. The second kappa shape index (κ2) is 7.73. The molecule has 9 heteroatoms. The molecule has 1 aliphatic heterocycles. The molecule has 25 heavy (non-hydrogen) atoms. The van der Waals surface area contributed by atoms with Crippen molar-refractivity contribution in [3.05, 3.63) is 29.8 Å². The first-order chi connectivity index (χ1) is 11.7. The Labute approximate surface area is 148 Å². The van der Waals surface area contributed by atoms with Gasteiger partial charge in [0.1, 0.15) is 0 Å². The summed E-state index contributed by atoms with van der Waals surface area (Å²) in [5.74, 6) is -0.0942. The lowest BCUT2D eigenvalue weighted by Crippen LogP contribution is -2.48. The Hall–Kier alpha value is -2.29. The number of amides is 3. The highest BCUT2D eigenvalue weighted by Crippen LogP contribution is 2.16. The van der Waals surface area contributed by atoms with Crippen LogP contribution in [0.1, 0.15) is 23.2 Å². The van der Waals surface area contributed by atoms with Gasteiger partial charge in [-0.05, 0) is 37.1 Å². The molecule has 8 nitrogen and oxygen atoms in total. The van der Waals surface area contributed by atoms with E-state index in [1.807, 2.05) is 0 Å². The van der Waals surface area contributed by atoms with E-state index < -0.39 is 10.0 Å². The zero-order valence-corrected chi connectivity index (χ0v) is 15.5. The number of carbonyl (C=O) groups excluding carboxylic acids is 2. The van der Waals surface area contributed by atoms with Crippen LogP contribution in [0.25, 0.3) is 0 Å². The molecule has 1 fully saturated rings. The molecule has 1 heterocycles. The molecule has 2 rings (SSSR count). The van der Waals surface area contributed by atoms with Crippen molar-refractivity contribution in [3.63, 3.8) is 0 Å². The van der Waals surface area contributed by atoms with Gasteiger partial charge in [0.15, 0.2) is 0 Å². The molecule has 0 unspecified atom stereocenters. The average Bonchev–Trinajstić information content (AvgIpc) is 2.54. The van der Waals surface area contributed by atoms with Crippen LogP contribution in [-0.2, 0) is 10.0 Å². The lowest BCUT2D eigenvalue weighted by atomic mass is 10.0. The Morgan fingerprint density at radius 1 is 1.12 bits per heavy atom. The summed E-state index contributed by atoms with van der Waals surface area (Å²) in [6.45, 7) is 1.14. The number of benzene rings is 1. The summed E-state index contributed by atoms with van der Waals surface area (Å²) in [5, 5.41) is 2.93. The number of rotatable bonds is 4. The molecule has 0 radical (unpaired) electrons. The molecule has 0 aliphatic carbocycles. The number of urea groups is 1. The van der Waals surface area contributed by atoms with Gasteiger partial charge in [-0.2, -0.15) is 0 Å². The fourth-order valence-electron chi connectivity index (χ4n) is 2.61. The standard InChI is InChI=1S/C16H24N4O4S/c1-19(2)16(22)17-13-8-10-20(11-9-13)15(21)12-4-6-14(7-5-12)18-25(3,23)24/h4-7,13,18H,8-11H2,1-3H3,(H,17,22). The normalized spacial score (nSPS) is 15.6. The Bertz CT molecular complexity index is 723. The van der Waals surface area contributed by atoms with Gasteiger partial charge in [-0.15, -0.1) is 0 Å². The van der Waals surface area contributed by atoms with Crippen molar-refractivity contribution < 1.29 is 18.0 Å². The molecule has 2 N–H and O–H groups in total. The highest BCUT2D eigenvalue weighted by atomic mass is 32.2. The van der Waals surface area contributed by atoms with Crippen molar-refractivity contribution in [2.45, 2.75) is 18.9 Å². The smallest absolute Gasteiger partial charge is 0.317 e. The predicted octanol–water partition coefficient (Wildman–Crippen LogP) is 0.934. The zero-order chi connectivity index (χ0) is 18.6. The molecule has 3 amide bonds. The fourth-order valence-corrected chi connectivity index (χ4v) is 3.17. The lowest BCUT2D eigenvalue weighted by Gasteiger charge is -2.33. The van der Waals surface area contributed by atoms with Crippen molar-refractivity contribution in [3.8, 4) is 0 Å². The minimum absolute atomic E-state index is 0.0697. The van der Waals surface area contributed by atoms with Crippen molar-refractivity contribution in [2.75, 3.05) is 38.2 Å². The van der Waals surface area contributed by atoms with E-state index in [0.717, 1.165) is 6.26 Å². The quantitative estimate of drug-likeness (QED) is 0.826. The minimum atomic E-state index is -3.34. The average molecular weight is 368 g/mol. The number of hydrogen-bond acceptors (Lipinski definition) is 4. The van der Waals surface area contributed by atoms with Crippen molar-refractivity contribution >= 4 is 27.6 Å². The van der Waals surface area contributed by atoms with Gasteiger partial charge in [0.25, 0.3) is 5.91 Å². The van der Waals surface area contributed by atoms with Gasteiger partial charge in [0.05, 0.1) is 6.26 Å². The Kier molecular flexibility index (Phi) is 5.89. The molecule has 0 bridgehead atoms.